The quantitative estimate of drug-likeness (QED) is 0.673. The van der Waals surface area contributed by atoms with Gasteiger partial charge >= 0.3 is 0 Å². The van der Waals surface area contributed by atoms with Crippen LogP contribution in [0, 0.1) is 25.2 Å². The largest absolute Gasteiger partial charge is 0.454 e. The third kappa shape index (κ3) is 4.59. The number of carbonyl (C=O) groups is 1. The molecule has 1 saturated carbocycles. The smallest absolute Gasteiger partial charge is 0.231 e. The first-order valence-corrected chi connectivity index (χ1v) is 11.6. The fourth-order valence-corrected chi connectivity index (χ4v) is 5.09. The Balaban J connectivity index is 1.39. The molecule has 1 aromatic carbocycles. The number of hydrogen-bond acceptors (Lipinski definition) is 5. The van der Waals surface area contributed by atoms with Crippen molar-refractivity contribution >= 4 is 5.91 Å². The predicted octanol–water partition coefficient (Wildman–Crippen LogP) is 4.09. The van der Waals surface area contributed by atoms with Crippen LogP contribution in [-0.4, -0.2) is 29.0 Å². The van der Waals surface area contributed by atoms with E-state index in [0.29, 0.717) is 32.4 Å². The molecule has 32 heavy (non-hydrogen) atoms. The second kappa shape index (κ2) is 9.64. The number of carbonyl (C=O) groups excluding carboxylic acids is 1. The number of benzene rings is 1. The molecule has 1 aliphatic carbocycles. The molecule has 7 heteroatoms. The van der Waals surface area contributed by atoms with E-state index < -0.39 is 0 Å². The van der Waals surface area contributed by atoms with Gasteiger partial charge in [0.1, 0.15) is 0 Å². The van der Waals surface area contributed by atoms with Crippen LogP contribution >= 0.6 is 0 Å². The van der Waals surface area contributed by atoms with Crippen molar-refractivity contribution in [2.45, 2.75) is 77.2 Å². The van der Waals surface area contributed by atoms with E-state index in [4.69, 9.17) is 14.7 Å². The van der Waals surface area contributed by atoms with Gasteiger partial charge in [-0.15, -0.1) is 0 Å². The molecule has 1 aliphatic heterocycles. The van der Waals surface area contributed by atoms with Crippen LogP contribution < -0.4 is 14.8 Å². The Morgan fingerprint density at radius 1 is 1.22 bits per heavy atom. The van der Waals surface area contributed by atoms with Gasteiger partial charge < -0.3 is 14.8 Å². The fourth-order valence-electron chi connectivity index (χ4n) is 5.09. The van der Waals surface area contributed by atoms with Gasteiger partial charge in [-0.2, -0.15) is 10.4 Å². The first-order chi connectivity index (χ1) is 15.5. The van der Waals surface area contributed by atoms with Gasteiger partial charge in [0.2, 0.25) is 12.7 Å². The number of nitriles is 1. The van der Waals surface area contributed by atoms with Crippen LogP contribution in [-0.2, 0) is 23.2 Å². The number of ether oxygens (including phenoxy) is 2. The lowest BCUT2D eigenvalue weighted by atomic mass is 9.69. The first kappa shape index (κ1) is 22.2. The number of nitrogens with one attached hydrogen (secondary N) is 1. The number of aryl methyl sites for hydroxylation is 2. The third-order valence-corrected chi connectivity index (χ3v) is 6.99. The highest BCUT2D eigenvalue weighted by Gasteiger charge is 2.35. The highest BCUT2D eigenvalue weighted by atomic mass is 16.7. The molecule has 0 spiro atoms. The Morgan fingerprint density at radius 3 is 2.78 bits per heavy atom. The summed E-state index contributed by atoms with van der Waals surface area (Å²) in [5, 5.41) is 16.6. The normalized spacial score (nSPS) is 16.5. The Kier molecular flexibility index (Phi) is 6.69. The van der Waals surface area contributed by atoms with E-state index in [0.717, 1.165) is 41.3 Å². The maximum absolute atomic E-state index is 12.8. The molecule has 1 amide bonds. The lowest BCUT2D eigenvalue weighted by molar-refractivity contribution is -0.121. The summed E-state index contributed by atoms with van der Waals surface area (Å²) in [6, 6.07) is 8.38. The number of hydrogen-bond donors (Lipinski definition) is 1. The van der Waals surface area contributed by atoms with E-state index in [1.165, 1.54) is 24.8 Å². The summed E-state index contributed by atoms with van der Waals surface area (Å²) in [6.07, 6.45) is 7.25. The van der Waals surface area contributed by atoms with E-state index in [2.05, 4.69) is 28.6 Å². The van der Waals surface area contributed by atoms with E-state index in [-0.39, 0.29) is 18.1 Å². The van der Waals surface area contributed by atoms with Crippen LogP contribution in [0.25, 0.3) is 0 Å². The third-order valence-electron chi connectivity index (χ3n) is 6.99. The van der Waals surface area contributed by atoms with Crippen LogP contribution in [0.1, 0.15) is 67.5 Å². The summed E-state index contributed by atoms with van der Waals surface area (Å²) in [5.74, 6) is 1.67. The standard InChI is InChI=1S/C25H32N4O3/c1-18-21(19(2)29(28-18)14-6-13-26)8-10-24(30)27-16-25(11-4-3-5-12-25)20-7-9-22-23(15-20)32-17-31-22/h7,9,15H,3-6,8,10-12,14,16-17H2,1-2H3,(H,27,30). The second-order valence-electron chi connectivity index (χ2n) is 8.97. The SMILES string of the molecule is Cc1nn(CCC#N)c(C)c1CCC(=O)NCC1(c2ccc3c(c2)OCO3)CCCCC1. The van der Waals surface area contributed by atoms with Gasteiger partial charge in [-0.3, -0.25) is 9.48 Å². The van der Waals surface area contributed by atoms with E-state index in [1.807, 2.05) is 24.6 Å². The van der Waals surface area contributed by atoms with Gasteiger partial charge in [0.25, 0.3) is 0 Å². The average Bonchev–Trinajstić information content (AvgIpc) is 3.39. The average molecular weight is 437 g/mol. The predicted molar refractivity (Wildman–Crippen MR) is 121 cm³/mol. The molecule has 2 heterocycles. The van der Waals surface area contributed by atoms with Crippen molar-refractivity contribution in [3.8, 4) is 17.6 Å². The molecule has 7 nitrogen and oxygen atoms in total. The lowest BCUT2D eigenvalue weighted by Gasteiger charge is -2.38. The molecular formula is C25H32N4O3. The zero-order chi connectivity index (χ0) is 22.6. The summed E-state index contributed by atoms with van der Waals surface area (Å²) in [6.45, 7) is 5.49. The molecule has 0 atom stereocenters. The molecule has 0 unspecified atom stereocenters. The Bertz CT molecular complexity index is 1010. The van der Waals surface area contributed by atoms with Crippen molar-refractivity contribution in [1.82, 2.24) is 15.1 Å². The maximum atomic E-state index is 12.8. The molecule has 4 rings (SSSR count). The minimum Gasteiger partial charge on any atom is -0.454 e. The Morgan fingerprint density at radius 2 is 2.00 bits per heavy atom. The summed E-state index contributed by atoms with van der Waals surface area (Å²) < 4.78 is 13.0. The molecular weight excluding hydrogens is 404 g/mol. The zero-order valence-corrected chi connectivity index (χ0v) is 19.1. The topological polar surface area (TPSA) is 89.2 Å². The monoisotopic (exact) mass is 436 g/mol. The molecule has 2 aromatic rings. The Hall–Kier alpha value is -3.01. The molecule has 0 radical (unpaired) electrons. The van der Waals surface area contributed by atoms with Gasteiger partial charge in [-0.25, -0.2) is 0 Å². The van der Waals surface area contributed by atoms with Gasteiger partial charge in [0.15, 0.2) is 11.5 Å². The number of aromatic nitrogens is 2. The van der Waals surface area contributed by atoms with Crippen LogP contribution in [0.4, 0.5) is 0 Å². The molecule has 170 valence electrons. The van der Waals surface area contributed by atoms with Crippen LogP contribution in [0.15, 0.2) is 18.2 Å². The van der Waals surface area contributed by atoms with Crippen molar-refractivity contribution in [3.63, 3.8) is 0 Å². The van der Waals surface area contributed by atoms with Crippen molar-refractivity contribution in [2.24, 2.45) is 0 Å². The van der Waals surface area contributed by atoms with Crippen molar-refractivity contribution in [2.75, 3.05) is 13.3 Å². The highest BCUT2D eigenvalue weighted by Crippen LogP contribution is 2.43. The molecule has 1 fully saturated rings. The maximum Gasteiger partial charge on any atom is 0.231 e. The number of rotatable bonds is 8. The number of fused-ring (bicyclic) bond motifs is 1. The van der Waals surface area contributed by atoms with E-state index in [1.54, 1.807) is 0 Å². The van der Waals surface area contributed by atoms with Crippen molar-refractivity contribution < 1.29 is 14.3 Å². The van der Waals surface area contributed by atoms with Gasteiger partial charge in [-0.05, 0) is 56.4 Å². The van der Waals surface area contributed by atoms with E-state index >= 15 is 0 Å². The van der Waals surface area contributed by atoms with Crippen LogP contribution in [0.2, 0.25) is 0 Å². The summed E-state index contributed by atoms with van der Waals surface area (Å²) >= 11 is 0. The summed E-state index contributed by atoms with van der Waals surface area (Å²) in [5.41, 5.74) is 4.28. The molecule has 1 N–H and O–H groups in total. The summed E-state index contributed by atoms with van der Waals surface area (Å²) in [7, 11) is 0. The Labute approximate surface area is 189 Å². The minimum atomic E-state index is -0.0527. The minimum absolute atomic E-state index is 0.0527. The fraction of sp³-hybridized carbons (Fsp3) is 0.560. The van der Waals surface area contributed by atoms with Crippen molar-refractivity contribution in [3.05, 3.63) is 40.7 Å². The lowest BCUT2D eigenvalue weighted by Crippen LogP contribution is -2.42. The molecule has 0 saturated heterocycles. The van der Waals surface area contributed by atoms with Gasteiger partial charge in [-0.1, -0.05) is 25.3 Å². The first-order valence-electron chi connectivity index (χ1n) is 11.6. The summed E-state index contributed by atoms with van der Waals surface area (Å²) in [4.78, 5) is 12.8. The highest BCUT2D eigenvalue weighted by molar-refractivity contribution is 5.76. The second-order valence-corrected chi connectivity index (χ2v) is 8.97. The molecule has 0 bridgehead atoms. The number of amides is 1. The van der Waals surface area contributed by atoms with Gasteiger partial charge in [0, 0.05) is 24.1 Å². The number of nitrogens with zero attached hydrogens (tertiary/aromatic N) is 3. The van der Waals surface area contributed by atoms with E-state index in [9.17, 15) is 4.79 Å². The zero-order valence-electron chi connectivity index (χ0n) is 19.1. The van der Waals surface area contributed by atoms with Crippen LogP contribution in [0.5, 0.6) is 11.5 Å². The van der Waals surface area contributed by atoms with Crippen molar-refractivity contribution in [1.29, 1.82) is 5.26 Å². The van der Waals surface area contributed by atoms with Crippen LogP contribution in [0.3, 0.4) is 0 Å². The van der Waals surface area contributed by atoms with Gasteiger partial charge in [0.05, 0.1) is 24.7 Å². The molecule has 2 aliphatic rings. The molecule has 1 aromatic heterocycles.